The van der Waals surface area contributed by atoms with Crippen LogP contribution in [0, 0.1) is 17.6 Å². The maximum atomic E-state index is 13.5. The standard InChI is InChI=1S/C13H15ClF2O/c1-8-5-10(7-17-8)11(14)6-9-3-2-4-12(15)13(9)16/h2-4,8,10-11H,5-7H2,1H3. The van der Waals surface area contributed by atoms with Crippen LogP contribution in [0.5, 0.6) is 0 Å². The van der Waals surface area contributed by atoms with E-state index in [4.69, 9.17) is 16.3 Å². The van der Waals surface area contributed by atoms with Crippen LogP contribution >= 0.6 is 11.6 Å². The Hall–Kier alpha value is -0.670. The molecule has 1 saturated heterocycles. The van der Waals surface area contributed by atoms with Crippen molar-refractivity contribution in [2.45, 2.75) is 31.2 Å². The third-order valence-corrected chi connectivity index (χ3v) is 3.70. The molecule has 1 aliphatic rings. The zero-order chi connectivity index (χ0) is 12.4. The van der Waals surface area contributed by atoms with Gasteiger partial charge in [-0.2, -0.15) is 0 Å². The molecule has 1 nitrogen and oxygen atoms in total. The summed E-state index contributed by atoms with van der Waals surface area (Å²) in [6, 6.07) is 4.20. The van der Waals surface area contributed by atoms with E-state index >= 15 is 0 Å². The Morgan fingerprint density at radius 2 is 2.24 bits per heavy atom. The fourth-order valence-electron chi connectivity index (χ4n) is 2.19. The number of hydrogen-bond acceptors (Lipinski definition) is 1. The van der Waals surface area contributed by atoms with Crippen molar-refractivity contribution in [2.24, 2.45) is 5.92 Å². The van der Waals surface area contributed by atoms with Gasteiger partial charge in [0.25, 0.3) is 0 Å². The first-order valence-electron chi connectivity index (χ1n) is 5.76. The second-order valence-electron chi connectivity index (χ2n) is 4.57. The fourth-order valence-corrected chi connectivity index (χ4v) is 2.53. The lowest BCUT2D eigenvalue weighted by molar-refractivity contribution is 0.119. The normalized spacial score (nSPS) is 26.1. The van der Waals surface area contributed by atoms with Gasteiger partial charge in [0, 0.05) is 11.3 Å². The van der Waals surface area contributed by atoms with Crippen LogP contribution in [0.4, 0.5) is 8.78 Å². The topological polar surface area (TPSA) is 9.23 Å². The van der Waals surface area contributed by atoms with Gasteiger partial charge in [0.2, 0.25) is 0 Å². The minimum atomic E-state index is -0.817. The Labute approximate surface area is 105 Å². The summed E-state index contributed by atoms with van der Waals surface area (Å²) in [5.41, 5.74) is 0.338. The van der Waals surface area contributed by atoms with Gasteiger partial charge in [-0.25, -0.2) is 8.78 Å². The predicted molar refractivity (Wildman–Crippen MR) is 63.2 cm³/mol. The summed E-state index contributed by atoms with van der Waals surface area (Å²) < 4.78 is 31.9. The number of halogens is 3. The third kappa shape index (κ3) is 2.96. The van der Waals surface area contributed by atoms with Crippen molar-refractivity contribution in [3.8, 4) is 0 Å². The van der Waals surface area contributed by atoms with Crippen LogP contribution in [-0.4, -0.2) is 18.1 Å². The molecular formula is C13H15ClF2O. The van der Waals surface area contributed by atoms with Crippen LogP contribution in [-0.2, 0) is 11.2 Å². The second-order valence-corrected chi connectivity index (χ2v) is 5.13. The van der Waals surface area contributed by atoms with E-state index < -0.39 is 11.6 Å². The smallest absolute Gasteiger partial charge is 0.162 e. The second kappa shape index (κ2) is 5.32. The lowest BCUT2D eigenvalue weighted by atomic mass is 9.96. The number of hydrogen-bond donors (Lipinski definition) is 0. The first-order valence-corrected chi connectivity index (χ1v) is 6.20. The molecule has 1 heterocycles. The molecule has 1 aromatic rings. The molecule has 17 heavy (non-hydrogen) atoms. The largest absolute Gasteiger partial charge is 0.378 e. The average Bonchev–Trinajstić information content (AvgIpc) is 2.72. The molecule has 0 amide bonds. The van der Waals surface area contributed by atoms with E-state index in [9.17, 15) is 8.78 Å². The highest BCUT2D eigenvalue weighted by Gasteiger charge is 2.29. The minimum absolute atomic E-state index is 0.207. The van der Waals surface area contributed by atoms with E-state index in [-0.39, 0.29) is 17.4 Å². The molecule has 0 bridgehead atoms. The van der Waals surface area contributed by atoms with Crippen LogP contribution in [0.2, 0.25) is 0 Å². The molecule has 1 aromatic carbocycles. The van der Waals surface area contributed by atoms with Gasteiger partial charge in [0.15, 0.2) is 11.6 Å². The van der Waals surface area contributed by atoms with Crippen LogP contribution in [0.1, 0.15) is 18.9 Å². The number of alkyl halides is 1. The van der Waals surface area contributed by atoms with Crippen LogP contribution < -0.4 is 0 Å². The van der Waals surface area contributed by atoms with E-state index in [1.807, 2.05) is 6.92 Å². The van der Waals surface area contributed by atoms with Crippen molar-refractivity contribution >= 4 is 11.6 Å². The molecule has 0 spiro atoms. The highest BCUT2D eigenvalue weighted by atomic mass is 35.5. The molecule has 94 valence electrons. The van der Waals surface area contributed by atoms with E-state index in [0.29, 0.717) is 18.6 Å². The zero-order valence-corrected chi connectivity index (χ0v) is 10.4. The van der Waals surface area contributed by atoms with Crippen molar-refractivity contribution in [1.29, 1.82) is 0 Å². The summed E-state index contributed by atoms with van der Waals surface area (Å²) in [6.07, 6.45) is 1.43. The lowest BCUT2D eigenvalue weighted by Gasteiger charge is -2.16. The Morgan fingerprint density at radius 1 is 1.47 bits per heavy atom. The number of benzene rings is 1. The Kier molecular flexibility index (Phi) is 4.00. The molecule has 0 saturated carbocycles. The third-order valence-electron chi connectivity index (χ3n) is 3.19. The van der Waals surface area contributed by atoms with Crippen molar-refractivity contribution in [2.75, 3.05) is 6.61 Å². The Balaban J connectivity index is 2.03. The molecular weight excluding hydrogens is 246 g/mol. The molecule has 0 radical (unpaired) electrons. The van der Waals surface area contributed by atoms with Crippen LogP contribution in [0.25, 0.3) is 0 Å². The summed E-state index contributed by atoms with van der Waals surface area (Å²) in [4.78, 5) is 0. The molecule has 3 atom stereocenters. The van der Waals surface area contributed by atoms with E-state index in [1.165, 1.54) is 6.07 Å². The number of ether oxygens (including phenoxy) is 1. The lowest BCUT2D eigenvalue weighted by Crippen LogP contribution is -2.18. The molecule has 2 rings (SSSR count). The number of rotatable bonds is 3. The molecule has 1 fully saturated rings. The predicted octanol–water partition coefficient (Wildman–Crippen LogP) is 3.54. The Bertz CT molecular complexity index is 397. The maximum absolute atomic E-state index is 13.5. The first-order chi connectivity index (χ1) is 8.08. The zero-order valence-electron chi connectivity index (χ0n) is 9.63. The highest BCUT2D eigenvalue weighted by molar-refractivity contribution is 6.21. The van der Waals surface area contributed by atoms with Crippen molar-refractivity contribution < 1.29 is 13.5 Å². The highest BCUT2D eigenvalue weighted by Crippen LogP contribution is 2.28. The van der Waals surface area contributed by atoms with Crippen molar-refractivity contribution in [3.05, 3.63) is 35.4 Å². The summed E-state index contributed by atoms with van der Waals surface area (Å²) >= 11 is 6.24. The van der Waals surface area contributed by atoms with Crippen molar-refractivity contribution in [1.82, 2.24) is 0 Å². The molecule has 0 N–H and O–H groups in total. The Morgan fingerprint density at radius 3 is 2.88 bits per heavy atom. The van der Waals surface area contributed by atoms with Gasteiger partial charge in [-0.3, -0.25) is 0 Å². The molecule has 3 unspecified atom stereocenters. The average molecular weight is 261 g/mol. The molecule has 0 aromatic heterocycles. The summed E-state index contributed by atoms with van der Waals surface area (Å²) in [7, 11) is 0. The molecule has 0 aliphatic carbocycles. The van der Waals surface area contributed by atoms with Gasteiger partial charge in [-0.1, -0.05) is 12.1 Å². The fraction of sp³-hybridized carbons (Fsp3) is 0.538. The van der Waals surface area contributed by atoms with Gasteiger partial charge < -0.3 is 4.74 Å². The van der Waals surface area contributed by atoms with E-state index in [1.54, 1.807) is 6.07 Å². The van der Waals surface area contributed by atoms with Crippen LogP contribution in [0.3, 0.4) is 0 Å². The van der Waals surface area contributed by atoms with E-state index in [2.05, 4.69) is 0 Å². The van der Waals surface area contributed by atoms with Gasteiger partial charge in [0.05, 0.1) is 12.7 Å². The summed E-state index contributed by atoms with van der Waals surface area (Å²) in [5, 5.41) is -0.212. The maximum Gasteiger partial charge on any atom is 0.162 e. The SMILES string of the molecule is CC1CC(C(Cl)Cc2cccc(F)c2F)CO1. The molecule has 4 heteroatoms. The van der Waals surface area contributed by atoms with Crippen molar-refractivity contribution in [3.63, 3.8) is 0 Å². The molecule has 1 aliphatic heterocycles. The van der Waals surface area contributed by atoms with Gasteiger partial charge in [-0.15, -0.1) is 11.6 Å². The minimum Gasteiger partial charge on any atom is -0.378 e. The van der Waals surface area contributed by atoms with Gasteiger partial charge in [-0.05, 0) is 31.4 Å². The monoisotopic (exact) mass is 260 g/mol. The quantitative estimate of drug-likeness (QED) is 0.756. The van der Waals surface area contributed by atoms with Crippen LogP contribution in [0.15, 0.2) is 18.2 Å². The van der Waals surface area contributed by atoms with E-state index in [0.717, 1.165) is 12.5 Å². The van der Waals surface area contributed by atoms with Gasteiger partial charge in [0.1, 0.15) is 0 Å². The first kappa shape index (κ1) is 12.8. The van der Waals surface area contributed by atoms with Gasteiger partial charge >= 0.3 is 0 Å². The summed E-state index contributed by atoms with van der Waals surface area (Å²) in [6.45, 7) is 2.60. The summed E-state index contributed by atoms with van der Waals surface area (Å²) in [5.74, 6) is -1.39.